The highest BCUT2D eigenvalue weighted by Crippen LogP contribution is 2.24. The van der Waals surface area contributed by atoms with Crippen LogP contribution in [-0.4, -0.2) is 35.7 Å². The van der Waals surface area contributed by atoms with Crippen LogP contribution < -0.4 is 10.6 Å². The van der Waals surface area contributed by atoms with E-state index in [1.165, 1.54) is 11.3 Å². The summed E-state index contributed by atoms with van der Waals surface area (Å²) in [5.74, 6) is -0.901. The maximum Gasteiger partial charge on any atom is 0.263 e. The minimum Gasteiger partial charge on any atom is -0.337 e. The van der Waals surface area contributed by atoms with Crippen LogP contribution in [0.3, 0.4) is 0 Å². The predicted molar refractivity (Wildman–Crippen MR) is 127 cm³/mol. The Morgan fingerprint density at radius 1 is 0.969 bits per heavy atom. The first kappa shape index (κ1) is 22.0. The summed E-state index contributed by atoms with van der Waals surface area (Å²) in [5.41, 5.74) is 1.40. The number of thiophene rings is 1. The van der Waals surface area contributed by atoms with Gasteiger partial charge >= 0.3 is 0 Å². The molecule has 1 saturated heterocycles. The molecule has 0 spiro atoms. The van der Waals surface area contributed by atoms with Gasteiger partial charge in [-0.05, 0) is 60.7 Å². The van der Waals surface area contributed by atoms with Gasteiger partial charge in [-0.15, -0.1) is 11.3 Å². The lowest BCUT2D eigenvalue weighted by Gasteiger charge is -2.32. The molecule has 4 rings (SSSR count). The molecule has 1 unspecified atom stereocenters. The first-order valence-corrected chi connectivity index (χ1v) is 11.6. The molecule has 3 aromatic rings. The van der Waals surface area contributed by atoms with Crippen molar-refractivity contribution in [3.63, 3.8) is 0 Å². The molecule has 2 N–H and O–H groups in total. The van der Waals surface area contributed by atoms with Gasteiger partial charge in [0.2, 0.25) is 5.91 Å². The van der Waals surface area contributed by atoms with Crippen LogP contribution in [0.4, 0.5) is 11.4 Å². The van der Waals surface area contributed by atoms with Crippen molar-refractivity contribution < 1.29 is 14.4 Å². The van der Waals surface area contributed by atoms with E-state index in [1.54, 1.807) is 59.5 Å². The third kappa shape index (κ3) is 5.18. The highest BCUT2D eigenvalue weighted by molar-refractivity contribution is 7.12. The Morgan fingerprint density at radius 2 is 1.75 bits per heavy atom. The number of benzene rings is 2. The van der Waals surface area contributed by atoms with Crippen LogP contribution in [0.1, 0.15) is 32.9 Å². The molecule has 1 aromatic heterocycles. The number of para-hydroxylation sites is 1. The van der Waals surface area contributed by atoms with Gasteiger partial charge in [0.15, 0.2) is 0 Å². The fourth-order valence-electron chi connectivity index (χ4n) is 3.69. The topological polar surface area (TPSA) is 78.5 Å². The SMILES string of the molecule is O=C(Nc1ccc(Cl)cc1)c1ccccc1NC(=O)C1CCCN(C(=O)c2cccs2)C1. The third-order valence-corrected chi connectivity index (χ3v) is 6.45. The van der Waals surface area contributed by atoms with E-state index in [4.69, 9.17) is 11.6 Å². The summed E-state index contributed by atoms with van der Waals surface area (Å²) in [5, 5.41) is 8.16. The molecular formula is C24H22ClN3O3S. The van der Waals surface area contributed by atoms with Crippen molar-refractivity contribution in [2.24, 2.45) is 5.92 Å². The van der Waals surface area contributed by atoms with Gasteiger partial charge in [0, 0.05) is 23.8 Å². The summed E-state index contributed by atoms with van der Waals surface area (Å²) in [7, 11) is 0. The molecular weight excluding hydrogens is 446 g/mol. The second-order valence-corrected chi connectivity index (χ2v) is 8.95. The number of nitrogens with zero attached hydrogens (tertiary/aromatic N) is 1. The van der Waals surface area contributed by atoms with E-state index in [2.05, 4.69) is 10.6 Å². The summed E-state index contributed by atoms with van der Waals surface area (Å²) in [6, 6.07) is 17.3. The molecule has 6 nitrogen and oxygen atoms in total. The quantitative estimate of drug-likeness (QED) is 0.545. The zero-order valence-corrected chi connectivity index (χ0v) is 18.8. The lowest BCUT2D eigenvalue weighted by atomic mass is 9.96. The van der Waals surface area contributed by atoms with Crippen molar-refractivity contribution in [2.45, 2.75) is 12.8 Å². The van der Waals surface area contributed by atoms with E-state index in [0.29, 0.717) is 46.3 Å². The fraction of sp³-hybridized carbons (Fsp3) is 0.208. The molecule has 0 aliphatic carbocycles. The van der Waals surface area contributed by atoms with Crippen LogP contribution in [0, 0.1) is 5.92 Å². The molecule has 0 saturated carbocycles. The number of likely N-dealkylation sites (tertiary alicyclic amines) is 1. The van der Waals surface area contributed by atoms with Crippen LogP contribution in [0.5, 0.6) is 0 Å². The Labute approximate surface area is 195 Å². The highest BCUT2D eigenvalue weighted by Gasteiger charge is 2.29. The van der Waals surface area contributed by atoms with Crippen LogP contribution in [0.25, 0.3) is 0 Å². The van der Waals surface area contributed by atoms with Gasteiger partial charge in [0.25, 0.3) is 11.8 Å². The van der Waals surface area contributed by atoms with Gasteiger partial charge in [-0.1, -0.05) is 29.8 Å². The number of carbonyl (C=O) groups excluding carboxylic acids is 3. The van der Waals surface area contributed by atoms with Gasteiger partial charge in [-0.25, -0.2) is 0 Å². The minimum atomic E-state index is -0.333. The molecule has 0 radical (unpaired) electrons. The molecule has 1 aliphatic heterocycles. The second kappa shape index (κ2) is 9.97. The molecule has 164 valence electrons. The molecule has 2 heterocycles. The number of amides is 3. The first-order valence-electron chi connectivity index (χ1n) is 10.3. The van der Waals surface area contributed by atoms with E-state index in [0.717, 1.165) is 6.42 Å². The van der Waals surface area contributed by atoms with E-state index in [-0.39, 0.29) is 23.6 Å². The largest absolute Gasteiger partial charge is 0.337 e. The lowest BCUT2D eigenvalue weighted by Crippen LogP contribution is -2.43. The van der Waals surface area contributed by atoms with Crippen LogP contribution in [0.15, 0.2) is 66.0 Å². The molecule has 1 fully saturated rings. The van der Waals surface area contributed by atoms with Crippen molar-refractivity contribution in [2.75, 3.05) is 23.7 Å². The van der Waals surface area contributed by atoms with Gasteiger partial charge in [-0.2, -0.15) is 0 Å². The summed E-state index contributed by atoms with van der Waals surface area (Å²) in [6.45, 7) is 1.00. The molecule has 3 amide bonds. The van der Waals surface area contributed by atoms with E-state index < -0.39 is 0 Å². The summed E-state index contributed by atoms with van der Waals surface area (Å²) in [6.07, 6.45) is 1.45. The fourth-order valence-corrected chi connectivity index (χ4v) is 4.51. The summed E-state index contributed by atoms with van der Waals surface area (Å²) >= 11 is 7.30. The smallest absolute Gasteiger partial charge is 0.263 e. The Kier molecular flexibility index (Phi) is 6.87. The Morgan fingerprint density at radius 3 is 2.50 bits per heavy atom. The zero-order chi connectivity index (χ0) is 22.5. The van der Waals surface area contributed by atoms with E-state index in [9.17, 15) is 14.4 Å². The molecule has 32 heavy (non-hydrogen) atoms. The molecule has 2 aromatic carbocycles. The standard InChI is InChI=1S/C24H22ClN3O3S/c25-17-9-11-18(12-10-17)26-23(30)19-6-1-2-7-20(19)27-22(29)16-5-3-13-28(15-16)24(31)21-8-4-14-32-21/h1-2,4,6-12,14,16H,3,5,13,15H2,(H,26,30)(H,27,29). The van der Waals surface area contributed by atoms with E-state index >= 15 is 0 Å². The average Bonchev–Trinajstić information content (AvgIpc) is 3.35. The lowest BCUT2D eigenvalue weighted by molar-refractivity contribution is -0.121. The van der Waals surface area contributed by atoms with Crippen molar-refractivity contribution in [1.29, 1.82) is 0 Å². The maximum atomic E-state index is 13.0. The molecule has 0 bridgehead atoms. The van der Waals surface area contributed by atoms with Gasteiger partial charge in [0.1, 0.15) is 0 Å². The minimum absolute atomic E-state index is 0.0414. The number of hydrogen-bond acceptors (Lipinski definition) is 4. The molecule has 1 aliphatic rings. The summed E-state index contributed by atoms with van der Waals surface area (Å²) < 4.78 is 0. The Hall–Kier alpha value is -3.16. The van der Waals surface area contributed by atoms with Gasteiger partial charge in [-0.3, -0.25) is 14.4 Å². The van der Waals surface area contributed by atoms with Gasteiger partial charge < -0.3 is 15.5 Å². The predicted octanol–water partition coefficient (Wildman–Crippen LogP) is 5.14. The number of piperidine rings is 1. The van der Waals surface area contributed by atoms with Crippen molar-refractivity contribution >= 4 is 52.0 Å². The van der Waals surface area contributed by atoms with Crippen LogP contribution in [0.2, 0.25) is 5.02 Å². The maximum absolute atomic E-state index is 13.0. The van der Waals surface area contributed by atoms with Crippen molar-refractivity contribution in [3.05, 3.63) is 81.5 Å². The van der Waals surface area contributed by atoms with Crippen molar-refractivity contribution in [1.82, 2.24) is 4.90 Å². The Bertz CT molecular complexity index is 1120. The zero-order valence-electron chi connectivity index (χ0n) is 17.2. The number of rotatable bonds is 5. The normalized spacial score (nSPS) is 15.8. The second-order valence-electron chi connectivity index (χ2n) is 7.56. The third-order valence-electron chi connectivity index (χ3n) is 5.34. The summed E-state index contributed by atoms with van der Waals surface area (Å²) in [4.78, 5) is 40.9. The number of anilines is 2. The molecule has 8 heteroatoms. The molecule has 1 atom stereocenters. The first-order chi connectivity index (χ1) is 15.5. The van der Waals surface area contributed by atoms with Gasteiger partial charge in [0.05, 0.1) is 22.0 Å². The number of halogens is 1. The number of hydrogen-bond donors (Lipinski definition) is 2. The number of carbonyl (C=O) groups is 3. The monoisotopic (exact) mass is 467 g/mol. The number of nitrogens with one attached hydrogen (secondary N) is 2. The van der Waals surface area contributed by atoms with Crippen LogP contribution in [-0.2, 0) is 4.79 Å². The average molecular weight is 468 g/mol. The van der Waals surface area contributed by atoms with Crippen LogP contribution >= 0.6 is 22.9 Å². The Balaban J connectivity index is 1.43. The van der Waals surface area contributed by atoms with E-state index in [1.807, 2.05) is 11.4 Å². The van der Waals surface area contributed by atoms with Crippen molar-refractivity contribution in [3.8, 4) is 0 Å². The highest BCUT2D eigenvalue weighted by atomic mass is 35.5.